The molecule has 0 bridgehead atoms. The number of fused-ring (bicyclic) bond motifs is 1. The molecule has 3 rings (SSSR count). The van der Waals surface area contributed by atoms with Gasteiger partial charge >= 0.3 is 6.09 Å². The Morgan fingerprint density at radius 3 is 2.45 bits per heavy atom. The SMILES string of the molecule is CCCN1C(=O)C(NC(=O)OC(C)(C)C)(Sc2ccc(N)cc2)c2ccccc21. The van der Waals surface area contributed by atoms with Crippen molar-refractivity contribution in [1.29, 1.82) is 0 Å². The zero-order valence-corrected chi connectivity index (χ0v) is 18.0. The number of amides is 2. The van der Waals surface area contributed by atoms with Crippen LogP contribution >= 0.6 is 11.8 Å². The van der Waals surface area contributed by atoms with Crippen LogP contribution in [0.15, 0.2) is 53.4 Å². The lowest BCUT2D eigenvalue weighted by Gasteiger charge is -2.31. The highest BCUT2D eigenvalue weighted by molar-refractivity contribution is 8.01. The van der Waals surface area contributed by atoms with Crippen LogP contribution in [0.3, 0.4) is 0 Å². The Labute approximate surface area is 175 Å². The van der Waals surface area contributed by atoms with Gasteiger partial charge in [0, 0.05) is 22.7 Å². The number of nitrogens with zero attached hydrogens (tertiary/aromatic N) is 1. The monoisotopic (exact) mass is 413 g/mol. The summed E-state index contributed by atoms with van der Waals surface area (Å²) in [4.78, 5) is 27.6. The molecule has 2 amide bonds. The summed E-state index contributed by atoms with van der Waals surface area (Å²) in [5.41, 5.74) is 7.31. The molecular formula is C22H27N3O3S. The molecule has 0 aliphatic carbocycles. The number of nitrogens with two attached hydrogens (primary N) is 1. The third-order valence-corrected chi connectivity index (χ3v) is 5.71. The zero-order chi connectivity index (χ0) is 21.2. The number of rotatable bonds is 5. The molecule has 154 valence electrons. The van der Waals surface area contributed by atoms with Gasteiger partial charge in [0.1, 0.15) is 5.60 Å². The molecule has 29 heavy (non-hydrogen) atoms. The Bertz CT molecular complexity index is 908. The molecule has 0 saturated heterocycles. The van der Waals surface area contributed by atoms with Crippen molar-refractivity contribution in [2.75, 3.05) is 17.2 Å². The lowest BCUT2D eigenvalue weighted by molar-refractivity contribution is -0.121. The largest absolute Gasteiger partial charge is 0.444 e. The van der Waals surface area contributed by atoms with Gasteiger partial charge in [0.05, 0.1) is 5.69 Å². The van der Waals surface area contributed by atoms with Gasteiger partial charge in [-0.2, -0.15) is 0 Å². The molecule has 0 saturated carbocycles. The lowest BCUT2D eigenvalue weighted by Crippen LogP contribution is -2.52. The van der Waals surface area contributed by atoms with Crippen LogP contribution in [0.2, 0.25) is 0 Å². The van der Waals surface area contributed by atoms with Crippen LogP contribution in [0.4, 0.5) is 16.2 Å². The molecule has 2 aromatic carbocycles. The third kappa shape index (κ3) is 4.34. The molecular weight excluding hydrogens is 386 g/mol. The van der Waals surface area contributed by atoms with Gasteiger partial charge in [-0.25, -0.2) is 4.79 Å². The maximum absolute atomic E-state index is 13.7. The van der Waals surface area contributed by atoms with Crippen molar-refractivity contribution in [3.8, 4) is 0 Å². The average Bonchev–Trinajstić information content (AvgIpc) is 2.85. The second-order valence-corrected chi connectivity index (χ2v) is 9.24. The fraction of sp³-hybridized carbons (Fsp3) is 0.364. The number of para-hydroxylation sites is 1. The molecule has 1 aliphatic rings. The minimum absolute atomic E-state index is 0.187. The molecule has 2 aromatic rings. The standard InChI is InChI=1S/C22H27N3O3S/c1-5-14-25-18-9-7-6-8-17(18)22(19(25)26,24-20(27)28-21(2,3)4)29-16-12-10-15(23)11-13-16/h6-13H,5,14,23H2,1-4H3,(H,24,27). The molecule has 1 unspecified atom stereocenters. The smallest absolute Gasteiger partial charge is 0.409 e. The van der Waals surface area contributed by atoms with Crippen LogP contribution in [0, 0.1) is 0 Å². The van der Waals surface area contributed by atoms with Crippen LogP contribution in [-0.2, 0) is 14.4 Å². The maximum Gasteiger partial charge on any atom is 0.409 e. The highest BCUT2D eigenvalue weighted by Gasteiger charge is 2.53. The molecule has 6 nitrogen and oxygen atoms in total. The number of thioether (sulfide) groups is 1. The first kappa shape index (κ1) is 21.0. The molecule has 1 aliphatic heterocycles. The number of nitrogens with one attached hydrogen (secondary N) is 1. The predicted molar refractivity (Wildman–Crippen MR) is 117 cm³/mol. The van der Waals surface area contributed by atoms with E-state index in [1.54, 1.807) is 37.8 Å². The number of carbonyl (C=O) groups excluding carboxylic acids is 2. The fourth-order valence-corrected chi connectivity index (χ4v) is 4.51. The topological polar surface area (TPSA) is 84.7 Å². The molecule has 0 fully saturated rings. The molecule has 0 spiro atoms. The van der Waals surface area contributed by atoms with Crippen LogP contribution in [-0.4, -0.2) is 24.1 Å². The van der Waals surface area contributed by atoms with Crippen molar-refractivity contribution in [3.05, 3.63) is 54.1 Å². The predicted octanol–water partition coefficient (Wildman–Crippen LogP) is 4.50. The number of benzene rings is 2. The Kier molecular flexibility index (Phi) is 5.80. The van der Waals surface area contributed by atoms with Crippen molar-refractivity contribution < 1.29 is 14.3 Å². The van der Waals surface area contributed by atoms with Crippen LogP contribution in [0.1, 0.15) is 39.7 Å². The fourth-order valence-electron chi connectivity index (χ4n) is 3.27. The van der Waals surface area contributed by atoms with E-state index in [1.165, 1.54) is 11.8 Å². The van der Waals surface area contributed by atoms with Gasteiger partial charge < -0.3 is 15.4 Å². The van der Waals surface area contributed by atoms with Gasteiger partial charge in [-0.05, 0) is 57.5 Å². The summed E-state index contributed by atoms with van der Waals surface area (Å²) < 4.78 is 5.49. The van der Waals surface area contributed by atoms with E-state index < -0.39 is 16.6 Å². The molecule has 7 heteroatoms. The number of hydrogen-bond donors (Lipinski definition) is 2. The van der Waals surface area contributed by atoms with Crippen molar-refractivity contribution in [1.82, 2.24) is 5.32 Å². The Morgan fingerprint density at radius 2 is 1.83 bits per heavy atom. The number of anilines is 2. The Balaban J connectivity index is 2.08. The van der Waals surface area contributed by atoms with Crippen molar-refractivity contribution >= 4 is 35.1 Å². The molecule has 3 N–H and O–H groups in total. The summed E-state index contributed by atoms with van der Waals surface area (Å²) in [6, 6.07) is 14.8. The van der Waals surface area contributed by atoms with E-state index in [1.807, 2.05) is 43.3 Å². The van der Waals surface area contributed by atoms with E-state index in [0.29, 0.717) is 12.2 Å². The number of nitrogen functional groups attached to an aromatic ring is 1. The Morgan fingerprint density at radius 1 is 1.17 bits per heavy atom. The van der Waals surface area contributed by atoms with Crippen molar-refractivity contribution in [3.63, 3.8) is 0 Å². The lowest BCUT2D eigenvalue weighted by atomic mass is 10.1. The van der Waals surface area contributed by atoms with Crippen LogP contribution in [0.5, 0.6) is 0 Å². The number of hydrogen-bond acceptors (Lipinski definition) is 5. The van der Waals surface area contributed by atoms with E-state index >= 15 is 0 Å². The summed E-state index contributed by atoms with van der Waals surface area (Å²) in [5, 5.41) is 2.89. The van der Waals surface area contributed by atoms with Gasteiger partial charge in [0.15, 0.2) is 0 Å². The third-order valence-electron chi connectivity index (χ3n) is 4.40. The van der Waals surface area contributed by atoms with Crippen molar-refractivity contribution in [2.45, 2.75) is 49.5 Å². The first-order valence-electron chi connectivity index (χ1n) is 9.63. The molecule has 1 heterocycles. The summed E-state index contributed by atoms with van der Waals surface area (Å²) in [6.45, 7) is 7.96. The molecule has 0 aromatic heterocycles. The quantitative estimate of drug-likeness (QED) is 0.557. The normalized spacial score (nSPS) is 18.5. The van der Waals surface area contributed by atoms with Gasteiger partial charge in [-0.1, -0.05) is 36.9 Å². The summed E-state index contributed by atoms with van der Waals surface area (Å²) in [7, 11) is 0. The van der Waals surface area contributed by atoms with E-state index in [4.69, 9.17) is 10.5 Å². The van der Waals surface area contributed by atoms with Gasteiger partial charge in [-0.15, -0.1) is 0 Å². The van der Waals surface area contributed by atoms with Gasteiger partial charge in [-0.3, -0.25) is 10.1 Å². The zero-order valence-electron chi connectivity index (χ0n) is 17.2. The maximum atomic E-state index is 13.7. The van der Waals surface area contributed by atoms with Gasteiger partial charge in [0.25, 0.3) is 5.91 Å². The first-order chi connectivity index (χ1) is 13.7. The van der Waals surface area contributed by atoms with E-state index in [2.05, 4.69) is 5.32 Å². The minimum atomic E-state index is -1.32. The number of ether oxygens (including phenoxy) is 1. The van der Waals surface area contributed by atoms with E-state index in [0.717, 1.165) is 22.6 Å². The highest BCUT2D eigenvalue weighted by atomic mass is 32.2. The van der Waals surface area contributed by atoms with Crippen molar-refractivity contribution in [2.24, 2.45) is 0 Å². The minimum Gasteiger partial charge on any atom is -0.444 e. The first-order valence-corrected chi connectivity index (χ1v) is 10.4. The van der Waals surface area contributed by atoms with E-state index in [9.17, 15) is 9.59 Å². The van der Waals surface area contributed by atoms with Gasteiger partial charge in [0.2, 0.25) is 4.87 Å². The highest BCUT2D eigenvalue weighted by Crippen LogP contribution is 2.50. The molecule has 0 radical (unpaired) electrons. The van der Waals surface area contributed by atoms with Crippen LogP contribution in [0.25, 0.3) is 0 Å². The van der Waals surface area contributed by atoms with E-state index in [-0.39, 0.29) is 5.91 Å². The average molecular weight is 414 g/mol. The summed E-state index contributed by atoms with van der Waals surface area (Å²) in [5.74, 6) is -0.187. The number of alkyl carbamates (subject to hydrolysis) is 1. The number of carbonyl (C=O) groups is 2. The second kappa shape index (κ2) is 7.99. The summed E-state index contributed by atoms with van der Waals surface area (Å²) in [6.07, 6.45) is 0.164. The Hall–Kier alpha value is -2.67. The van der Waals surface area contributed by atoms with Crippen LogP contribution < -0.4 is 16.0 Å². The summed E-state index contributed by atoms with van der Waals surface area (Å²) >= 11 is 1.28. The second-order valence-electron chi connectivity index (χ2n) is 7.95. The molecule has 1 atom stereocenters.